The summed E-state index contributed by atoms with van der Waals surface area (Å²) in [5.41, 5.74) is 1.40. The molecule has 20 heavy (non-hydrogen) atoms. The average molecular weight is 289 g/mol. The molecule has 0 bridgehead atoms. The SMILES string of the molecule is CC(c1nc2c3cn[nH]c3ncn2n1)n1cc(Cl)cn1. The van der Waals surface area contributed by atoms with Gasteiger partial charge in [-0.15, -0.1) is 5.10 Å². The largest absolute Gasteiger partial charge is 0.261 e. The van der Waals surface area contributed by atoms with Crippen molar-refractivity contribution in [2.75, 3.05) is 0 Å². The number of aromatic amines is 1. The molecule has 4 rings (SSSR count). The van der Waals surface area contributed by atoms with E-state index in [1.54, 1.807) is 34.1 Å². The van der Waals surface area contributed by atoms with E-state index in [9.17, 15) is 0 Å². The second-order valence-electron chi connectivity index (χ2n) is 4.43. The molecule has 1 atom stereocenters. The molecule has 0 saturated carbocycles. The first kappa shape index (κ1) is 11.4. The number of halogens is 1. The fourth-order valence-electron chi connectivity index (χ4n) is 2.08. The highest BCUT2D eigenvalue weighted by molar-refractivity contribution is 6.30. The van der Waals surface area contributed by atoms with Gasteiger partial charge in [0.25, 0.3) is 0 Å². The van der Waals surface area contributed by atoms with E-state index >= 15 is 0 Å². The van der Waals surface area contributed by atoms with Gasteiger partial charge in [0.2, 0.25) is 0 Å². The van der Waals surface area contributed by atoms with Crippen molar-refractivity contribution in [2.24, 2.45) is 0 Å². The van der Waals surface area contributed by atoms with Crippen molar-refractivity contribution in [3.8, 4) is 0 Å². The Hall–Kier alpha value is -2.48. The van der Waals surface area contributed by atoms with Gasteiger partial charge in [0.1, 0.15) is 12.4 Å². The lowest BCUT2D eigenvalue weighted by atomic mass is 10.3. The molecule has 9 heteroatoms. The van der Waals surface area contributed by atoms with Gasteiger partial charge in [0, 0.05) is 6.20 Å². The monoisotopic (exact) mass is 288 g/mol. The molecule has 0 saturated heterocycles. The van der Waals surface area contributed by atoms with Crippen LogP contribution in [0.15, 0.2) is 24.9 Å². The Morgan fingerprint density at radius 2 is 2.25 bits per heavy atom. The number of nitrogens with one attached hydrogen (secondary N) is 1. The van der Waals surface area contributed by atoms with Crippen LogP contribution < -0.4 is 0 Å². The standard InChI is InChI=1S/C11H9ClN8/c1-6(19-4-7(12)2-15-19)9-16-11-8-3-14-17-10(8)13-5-20(11)18-9/h2-6H,1H3,(H,14,17). The van der Waals surface area contributed by atoms with E-state index in [2.05, 4.69) is 30.4 Å². The van der Waals surface area contributed by atoms with Gasteiger partial charge in [-0.25, -0.2) is 14.5 Å². The van der Waals surface area contributed by atoms with Crippen LogP contribution in [-0.4, -0.2) is 39.6 Å². The van der Waals surface area contributed by atoms with E-state index in [0.717, 1.165) is 5.39 Å². The molecule has 0 aliphatic carbocycles. The summed E-state index contributed by atoms with van der Waals surface area (Å²) < 4.78 is 3.35. The molecule has 0 aliphatic heterocycles. The van der Waals surface area contributed by atoms with Crippen molar-refractivity contribution >= 4 is 28.3 Å². The predicted molar refractivity (Wildman–Crippen MR) is 71.5 cm³/mol. The van der Waals surface area contributed by atoms with Crippen LogP contribution in [0.5, 0.6) is 0 Å². The van der Waals surface area contributed by atoms with E-state index in [-0.39, 0.29) is 6.04 Å². The number of fused-ring (bicyclic) bond motifs is 3. The van der Waals surface area contributed by atoms with Gasteiger partial charge >= 0.3 is 0 Å². The fourth-order valence-corrected chi connectivity index (χ4v) is 2.22. The quantitative estimate of drug-likeness (QED) is 0.603. The summed E-state index contributed by atoms with van der Waals surface area (Å²) in [6.45, 7) is 1.96. The van der Waals surface area contributed by atoms with Crippen LogP contribution in [0.4, 0.5) is 0 Å². The lowest BCUT2D eigenvalue weighted by molar-refractivity contribution is 0.536. The lowest BCUT2D eigenvalue weighted by Gasteiger charge is -2.06. The molecule has 1 unspecified atom stereocenters. The minimum absolute atomic E-state index is 0.121. The molecule has 100 valence electrons. The van der Waals surface area contributed by atoms with Gasteiger partial charge in [-0.2, -0.15) is 10.2 Å². The van der Waals surface area contributed by atoms with Gasteiger partial charge in [-0.3, -0.25) is 9.78 Å². The Labute approximate surface area is 117 Å². The Morgan fingerprint density at radius 1 is 1.35 bits per heavy atom. The number of rotatable bonds is 2. The van der Waals surface area contributed by atoms with E-state index in [4.69, 9.17) is 11.6 Å². The summed E-state index contributed by atoms with van der Waals surface area (Å²) >= 11 is 5.88. The van der Waals surface area contributed by atoms with Crippen LogP contribution in [0.1, 0.15) is 18.8 Å². The third-order valence-corrected chi connectivity index (χ3v) is 3.34. The smallest absolute Gasteiger partial charge is 0.176 e. The van der Waals surface area contributed by atoms with E-state index in [0.29, 0.717) is 22.1 Å². The Balaban J connectivity index is 1.87. The maximum Gasteiger partial charge on any atom is 0.176 e. The molecule has 4 aromatic rings. The van der Waals surface area contributed by atoms with Crippen LogP contribution in [0.3, 0.4) is 0 Å². The summed E-state index contributed by atoms with van der Waals surface area (Å²) in [4.78, 5) is 8.76. The first-order chi connectivity index (χ1) is 9.72. The number of hydrogen-bond acceptors (Lipinski definition) is 5. The Bertz CT molecular complexity index is 903. The molecular weight excluding hydrogens is 280 g/mol. The molecule has 0 fully saturated rings. The van der Waals surface area contributed by atoms with Crippen molar-refractivity contribution in [2.45, 2.75) is 13.0 Å². The highest BCUT2D eigenvalue weighted by Crippen LogP contribution is 2.19. The molecule has 0 aliphatic rings. The summed E-state index contributed by atoms with van der Waals surface area (Å²) in [6, 6.07) is -0.121. The van der Waals surface area contributed by atoms with Crippen LogP contribution in [0, 0.1) is 0 Å². The average Bonchev–Trinajstić information content (AvgIpc) is 3.14. The molecule has 1 N–H and O–H groups in total. The molecule has 0 radical (unpaired) electrons. The van der Waals surface area contributed by atoms with Crippen molar-refractivity contribution in [1.29, 1.82) is 0 Å². The van der Waals surface area contributed by atoms with E-state index in [1.807, 2.05) is 6.92 Å². The number of hydrogen-bond donors (Lipinski definition) is 1. The predicted octanol–water partition coefficient (Wildman–Crippen LogP) is 1.46. The normalized spacial score (nSPS) is 13.3. The lowest BCUT2D eigenvalue weighted by Crippen LogP contribution is -2.09. The molecule has 4 heterocycles. The molecule has 0 aromatic carbocycles. The highest BCUT2D eigenvalue weighted by Gasteiger charge is 2.16. The topological polar surface area (TPSA) is 89.6 Å². The van der Waals surface area contributed by atoms with Gasteiger partial charge < -0.3 is 0 Å². The summed E-state index contributed by atoms with van der Waals surface area (Å²) in [5.74, 6) is 0.639. The third-order valence-electron chi connectivity index (χ3n) is 3.14. The number of aromatic nitrogens is 8. The van der Waals surface area contributed by atoms with Gasteiger partial charge in [-0.05, 0) is 6.92 Å². The zero-order valence-corrected chi connectivity index (χ0v) is 11.2. The minimum Gasteiger partial charge on any atom is -0.261 e. The van der Waals surface area contributed by atoms with Crippen LogP contribution >= 0.6 is 11.6 Å². The van der Waals surface area contributed by atoms with Crippen LogP contribution in [0.25, 0.3) is 16.7 Å². The minimum atomic E-state index is -0.121. The third kappa shape index (κ3) is 1.58. The van der Waals surface area contributed by atoms with Gasteiger partial charge in [-0.1, -0.05) is 11.6 Å². The zero-order valence-electron chi connectivity index (χ0n) is 10.4. The number of nitrogens with zero attached hydrogens (tertiary/aromatic N) is 7. The summed E-state index contributed by atoms with van der Waals surface area (Å²) in [6.07, 6.45) is 6.62. The molecule has 0 spiro atoms. The Morgan fingerprint density at radius 3 is 3.05 bits per heavy atom. The second-order valence-corrected chi connectivity index (χ2v) is 4.87. The highest BCUT2D eigenvalue weighted by atomic mass is 35.5. The summed E-state index contributed by atoms with van der Waals surface area (Å²) in [5, 5.41) is 16.8. The van der Waals surface area contributed by atoms with Crippen LogP contribution in [-0.2, 0) is 0 Å². The van der Waals surface area contributed by atoms with Gasteiger partial charge in [0.15, 0.2) is 17.1 Å². The number of H-pyrrole nitrogens is 1. The van der Waals surface area contributed by atoms with Gasteiger partial charge in [0.05, 0.1) is 22.8 Å². The fraction of sp³-hybridized carbons (Fsp3) is 0.182. The first-order valence-electron chi connectivity index (χ1n) is 5.96. The molecule has 4 aromatic heterocycles. The second kappa shape index (κ2) is 4.01. The van der Waals surface area contributed by atoms with Crippen LogP contribution in [0.2, 0.25) is 5.02 Å². The first-order valence-corrected chi connectivity index (χ1v) is 6.34. The molecule has 8 nitrogen and oxygen atoms in total. The maximum absolute atomic E-state index is 5.88. The van der Waals surface area contributed by atoms with Crippen molar-refractivity contribution in [3.05, 3.63) is 35.8 Å². The van der Waals surface area contributed by atoms with Crippen molar-refractivity contribution < 1.29 is 0 Å². The molecular formula is C11H9ClN8. The van der Waals surface area contributed by atoms with E-state index < -0.39 is 0 Å². The van der Waals surface area contributed by atoms with E-state index in [1.165, 1.54) is 0 Å². The van der Waals surface area contributed by atoms with Crippen molar-refractivity contribution in [1.82, 2.24) is 39.6 Å². The zero-order chi connectivity index (χ0) is 13.7. The maximum atomic E-state index is 5.88. The Kier molecular flexibility index (Phi) is 2.27. The van der Waals surface area contributed by atoms with Crippen molar-refractivity contribution in [3.63, 3.8) is 0 Å². The summed E-state index contributed by atoms with van der Waals surface area (Å²) in [7, 11) is 0. The molecule has 0 amide bonds.